The molecule has 0 radical (unpaired) electrons. The summed E-state index contributed by atoms with van der Waals surface area (Å²) >= 11 is -0.826. The molecule has 2 nitrogen and oxygen atoms in total. The van der Waals surface area contributed by atoms with Crippen LogP contribution in [0.1, 0.15) is 82.1 Å². The maximum atomic E-state index is 6.94. The van der Waals surface area contributed by atoms with E-state index in [0.29, 0.717) is 0 Å². The summed E-state index contributed by atoms with van der Waals surface area (Å²) in [6.45, 7) is 23.2. The van der Waals surface area contributed by atoms with Gasteiger partial charge in [0.2, 0.25) is 16.6 Å². The number of benzene rings is 2. The normalized spacial score (nSPS) is 18.8. The van der Waals surface area contributed by atoms with Gasteiger partial charge in [0.15, 0.2) is 0 Å². The van der Waals surface area contributed by atoms with Crippen molar-refractivity contribution in [1.82, 2.24) is 0 Å². The molecule has 2 aliphatic carbocycles. The molecule has 2 unspecified atom stereocenters. The summed E-state index contributed by atoms with van der Waals surface area (Å²) in [7, 11) is 5.97. The van der Waals surface area contributed by atoms with Crippen LogP contribution in [0.3, 0.4) is 0 Å². The van der Waals surface area contributed by atoms with E-state index in [-0.39, 0.29) is 21.9 Å². The molecule has 4 rings (SSSR count). The Balaban J connectivity index is 0.00000134. The molecule has 0 aliphatic heterocycles. The molecule has 39 heavy (non-hydrogen) atoms. The summed E-state index contributed by atoms with van der Waals surface area (Å²) in [6, 6.07) is 17.6. The maximum absolute atomic E-state index is 6.94. The number of allylic oxidation sites excluding steroid dienone is 2. The molecule has 212 valence electrons. The van der Waals surface area contributed by atoms with Crippen molar-refractivity contribution >= 4 is 45.8 Å². The van der Waals surface area contributed by atoms with Crippen molar-refractivity contribution in [1.29, 1.82) is 0 Å². The molecule has 0 saturated carbocycles. The summed E-state index contributed by atoms with van der Waals surface area (Å²) in [5.41, 5.74) is 5.32. The van der Waals surface area contributed by atoms with Crippen molar-refractivity contribution in [2.45, 2.75) is 96.1 Å². The molecule has 7 heteroatoms. The fraction of sp³-hybridized carbons (Fsp3) is 0.469. The van der Waals surface area contributed by atoms with E-state index in [9.17, 15) is 0 Å². The van der Waals surface area contributed by atoms with E-state index >= 15 is 0 Å². The van der Waals surface area contributed by atoms with Gasteiger partial charge in [-0.2, -0.15) is 6.42 Å². The van der Waals surface area contributed by atoms with Gasteiger partial charge in [0, 0.05) is 5.92 Å². The quantitative estimate of drug-likeness (QED) is 0.214. The van der Waals surface area contributed by atoms with Crippen molar-refractivity contribution in [3.8, 4) is 0 Å². The molecule has 2 aromatic rings. The van der Waals surface area contributed by atoms with Gasteiger partial charge in [-0.3, -0.25) is 0 Å². The van der Waals surface area contributed by atoms with E-state index in [4.69, 9.17) is 25.9 Å². The number of hydrogen-bond acceptors (Lipinski definition) is 2. The Morgan fingerprint density at radius 3 is 1.64 bits per heavy atom. The SMILES string of the molecule is CC(C)(C)[Si](C)(C)OC1=Cc2ccccc2C1[CH-]CC1C(O[Si](C)(C)C(C)(C)C)=Cc2ccccc21.[Cl][Zr][Cl]. The van der Waals surface area contributed by atoms with Crippen LogP contribution in [0.25, 0.3) is 12.2 Å². The molecule has 0 spiro atoms. The Morgan fingerprint density at radius 2 is 1.13 bits per heavy atom. The molecule has 0 saturated heterocycles. The predicted octanol–water partition coefficient (Wildman–Crippen LogP) is 11.3. The second kappa shape index (κ2) is 12.7. The molecule has 0 aromatic heterocycles. The zero-order valence-corrected chi connectivity index (χ0v) is 31.3. The van der Waals surface area contributed by atoms with Crippen molar-refractivity contribution in [3.63, 3.8) is 0 Å². The minimum absolute atomic E-state index is 0.157. The third-order valence-corrected chi connectivity index (χ3v) is 17.6. The third-order valence-electron chi connectivity index (χ3n) is 8.91. The second-order valence-corrected chi connectivity index (χ2v) is 26.8. The minimum atomic E-state index is -1.95. The Morgan fingerprint density at radius 1 is 0.718 bits per heavy atom. The molecule has 0 N–H and O–H groups in total. The molecule has 2 aliphatic rings. The Kier molecular flexibility index (Phi) is 10.8. The van der Waals surface area contributed by atoms with Crippen molar-refractivity contribution in [3.05, 3.63) is 88.7 Å². The Bertz CT molecular complexity index is 1120. The standard InChI is InChI=1S/C32H45O2Si2.2ClH.Zr/c1-31(2,3)35(7,8)33-29-21-23-15-11-13-17-25(23)27(29)19-20-28-26-18-14-12-16-24(26)22-30(28)34-36(9,10)32(4,5)6;;;/h11-19,21-22,27-28H,20H2,1-10H3;2*1H;/q-1;;;+2/p-2. The third kappa shape index (κ3) is 7.63. The van der Waals surface area contributed by atoms with Crippen LogP contribution < -0.4 is 0 Å². The van der Waals surface area contributed by atoms with Gasteiger partial charge in [-0.1, -0.05) is 102 Å². The van der Waals surface area contributed by atoms with Crippen LogP contribution in [-0.2, 0) is 29.7 Å². The first-order chi connectivity index (χ1) is 18.0. The zero-order chi connectivity index (χ0) is 29.2. The van der Waals surface area contributed by atoms with E-state index in [1.807, 2.05) is 0 Å². The van der Waals surface area contributed by atoms with Gasteiger partial charge >= 0.3 is 37.9 Å². The van der Waals surface area contributed by atoms with Gasteiger partial charge in [0.1, 0.15) is 0 Å². The van der Waals surface area contributed by atoms with Gasteiger partial charge in [0.25, 0.3) is 0 Å². The van der Waals surface area contributed by atoms with E-state index < -0.39 is 37.5 Å². The molecule has 0 heterocycles. The molecule has 0 amide bonds. The van der Waals surface area contributed by atoms with E-state index in [2.05, 4.69) is 135 Å². The van der Waals surface area contributed by atoms with Crippen LogP contribution in [-0.4, -0.2) is 16.6 Å². The summed E-state index contributed by atoms with van der Waals surface area (Å²) < 4.78 is 13.9. The first-order valence-corrected chi connectivity index (χ1v) is 26.0. The van der Waals surface area contributed by atoms with E-state index in [1.54, 1.807) is 0 Å². The number of halogens is 2. The van der Waals surface area contributed by atoms with Crippen molar-refractivity contribution in [2.24, 2.45) is 0 Å². The summed E-state index contributed by atoms with van der Waals surface area (Å²) in [5.74, 6) is 2.68. The van der Waals surface area contributed by atoms with Gasteiger partial charge in [-0.15, -0.1) is 0 Å². The molecule has 2 atom stereocenters. The Hall–Kier alpha value is -0.583. The number of fused-ring (bicyclic) bond motifs is 2. The number of rotatable bonds is 7. The molecule has 0 fully saturated rings. The van der Waals surface area contributed by atoms with Crippen molar-refractivity contribution in [2.75, 3.05) is 0 Å². The van der Waals surface area contributed by atoms with Gasteiger partial charge < -0.3 is 15.3 Å². The van der Waals surface area contributed by atoms with E-state index in [0.717, 1.165) is 17.9 Å². The monoisotopic (exact) mass is 677 g/mol. The summed E-state index contributed by atoms with van der Waals surface area (Å²) in [6.07, 6.45) is 7.98. The fourth-order valence-electron chi connectivity index (χ4n) is 4.54. The van der Waals surface area contributed by atoms with Crippen LogP contribution in [0, 0.1) is 6.42 Å². The topological polar surface area (TPSA) is 18.5 Å². The van der Waals surface area contributed by atoms with Gasteiger partial charge in [-0.25, -0.2) is 0 Å². The number of hydrogen-bond donors (Lipinski definition) is 0. The van der Waals surface area contributed by atoms with Crippen LogP contribution in [0.15, 0.2) is 60.0 Å². The summed E-state index contributed by atoms with van der Waals surface area (Å²) in [5, 5.41) is 0.318. The average molecular weight is 680 g/mol. The second-order valence-electron chi connectivity index (χ2n) is 13.6. The molecule has 0 bridgehead atoms. The Labute approximate surface area is 258 Å². The first kappa shape index (κ1) is 32.9. The first-order valence-electron chi connectivity index (χ1n) is 13.8. The zero-order valence-electron chi connectivity index (χ0n) is 25.3. The predicted molar refractivity (Wildman–Crippen MR) is 172 cm³/mol. The summed E-state index contributed by atoms with van der Waals surface area (Å²) in [4.78, 5) is 0. The van der Waals surface area contributed by atoms with Crippen molar-refractivity contribution < 1.29 is 29.7 Å². The van der Waals surface area contributed by atoms with Crippen LogP contribution in [0.5, 0.6) is 0 Å². The van der Waals surface area contributed by atoms with E-state index in [1.165, 1.54) is 22.3 Å². The van der Waals surface area contributed by atoms with Gasteiger partial charge in [0.05, 0.1) is 11.5 Å². The van der Waals surface area contributed by atoms with Crippen LogP contribution >= 0.6 is 17.0 Å². The molecule has 2 aromatic carbocycles. The molecular weight excluding hydrogens is 635 g/mol. The van der Waals surface area contributed by atoms with Gasteiger partial charge in [-0.05, 0) is 65.1 Å². The fourth-order valence-corrected chi connectivity index (χ4v) is 6.71. The van der Waals surface area contributed by atoms with Crippen LogP contribution in [0.4, 0.5) is 0 Å². The molecular formula is C32H45Cl2O2Si2Zr-. The average Bonchev–Trinajstić information content (AvgIpc) is 3.33. The van der Waals surface area contributed by atoms with Crippen LogP contribution in [0.2, 0.25) is 36.3 Å².